The molecule has 1 aromatic rings. The molecule has 0 amide bonds. The summed E-state index contributed by atoms with van der Waals surface area (Å²) in [5, 5.41) is 9.40. The second-order valence-corrected chi connectivity index (χ2v) is 5.45. The molecule has 0 bridgehead atoms. The molecular weight excluding hydrogens is 232 g/mol. The maximum absolute atomic E-state index is 5.67. The standard InChI is InChI=1S/C12H24N4S/c1-4-6-10(3)9-17-12-15-14-11(8-13)16(12)7-5-2/h10H,4-9,13H2,1-3H3. The Bertz CT molecular complexity index is 324. The zero-order valence-corrected chi connectivity index (χ0v) is 12.0. The average Bonchev–Trinajstić information content (AvgIpc) is 2.70. The third-order valence-corrected chi connectivity index (χ3v) is 4.00. The summed E-state index contributed by atoms with van der Waals surface area (Å²) in [5.74, 6) is 2.75. The molecule has 17 heavy (non-hydrogen) atoms. The molecule has 5 heteroatoms. The van der Waals surface area contributed by atoms with E-state index in [0.717, 1.165) is 35.6 Å². The van der Waals surface area contributed by atoms with Gasteiger partial charge in [0.2, 0.25) is 0 Å². The van der Waals surface area contributed by atoms with Gasteiger partial charge in [-0.2, -0.15) is 0 Å². The van der Waals surface area contributed by atoms with E-state index in [9.17, 15) is 0 Å². The zero-order chi connectivity index (χ0) is 12.7. The number of nitrogens with zero attached hydrogens (tertiary/aromatic N) is 3. The van der Waals surface area contributed by atoms with Crippen LogP contribution in [0, 0.1) is 5.92 Å². The van der Waals surface area contributed by atoms with Crippen molar-refractivity contribution in [2.45, 2.75) is 58.3 Å². The highest BCUT2D eigenvalue weighted by Crippen LogP contribution is 2.22. The van der Waals surface area contributed by atoms with Crippen molar-refractivity contribution in [3.8, 4) is 0 Å². The second-order valence-electron chi connectivity index (χ2n) is 4.46. The van der Waals surface area contributed by atoms with E-state index in [1.165, 1.54) is 12.8 Å². The molecule has 1 atom stereocenters. The van der Waals surface area contributed by atoms with Crippen LogP contribution in [0.2, 0.25) is 0 Å². The summed E-state index contributed by atoms with van der Waals surface area (Å²) in [6.45, 7) is 8.12. The fourth-order valence-corrected chi connectivity index (χ4v) is 2.87. The van der Waals surface area contributed by atoms with Gasteiger partial charge in [-0.3, -0.25) is 0 Å². The minimum atomic E-state index is 0.470. The summed E-state index contributed by atoms with van der Waals surface area (Å²) in [7, 11) is 0. The minimum absolute atomic E-state index is 0.470. The lowest BCUT2D eigenvalue weighted by Gasteiger charge is -2.10. The van der Waals surface area contributed by atoms with Crippen molar-refractivity contribution in [2.24, 2.45) is 11.7 Å². The van der Waals surface area contributed by atoms with Crippen LogP contribution >= 0.6 is 11.8 Å². The van der Waals surface area contributed by atoms with E-state index >= 15 is 0 Å². The molecule has 1 heterocycles. The molecule has 98 valence electrons. The maximum atomic E-state index is 5.67. The highest BCUT2D eigenvalue weighted by atomic mass is 32.2. The molecule has 1 rings (SSSR count). The monoisotopic (exact) mass is 256 g/mol. The lowest BCUT2D eigenvalue weighted by molar-refractivity contribution is 0.575. The first-order valence-corrected chi connectivity index (χ1v) is 7.46. The molecule has 0 aliphatic heterocycles. The van der Waals surface area contributed by atoms with Gasteiger partial charge in [0, 0.05) is 12.3 Å². The third kappa shape index (κ3) is 4.32. The molecule has 0 aromatic carbocycles. The molecule has 1 unspecified atom stereocenters. The summed E-state index contributed by atoms with van der Waals surface area (Å²) < 4.78 is 2.16. The van der Waals surface area contributed by atoms with Crippen molar-refractivity contribution >= 4 is 11.8 Å². The van der Waals surface area contributed by atoms with Crippen LogP contribution in [-0.2, 0) is 13.1 Å². The zero-order valence-electron chi connectivity index (χ0n) is 11.1. The van der Waals surface area contributed by atoms with Gasteiger partial charge in [0.05, 0.1) is 6.54 Å². The highest BCUT2D eigenvalue weighted by Gasteiger charge is 2.11. The van der Waals surface area contributed by atoms with Crippen LogP contribution < -0.4 is 5.73 Å². The smallest absolute Gasteiger partial charge is 0.191 e. The van der Waals surface area contributed by atoms with Crippen LogP contribution in [0.15, 0.2) is 5.16 Å². The summed E-state index contributed by atoms with van der Waals surface area (Å²) in [5.41, 5.74) is 5.67. The van der Waals surface area contributed by atoms with Crippen molar-refractivity contribution in [1.82, 2.24) is 14.8 Å². The molecule has 2 N–H and O–H groups in total. The van der Waals surface area contributed by atoms with E-state index in [2.05, 4.69) is 35.5 Å². The first-order chi connectivity index (χ1) is 8.22. The van der Waals surface area contributed by atoms with E-state index in [1.807, 2.05) is 0 Å². The Balaban J connectivity index is 2.60. The summed E-state index contributed by atoms with van der Waals surface area (Å²) in [4.78, 5) is 0. The van der Waals surface area contributed by atoms with Crippen LogP contribution in [0.25, 0.3) is 0 Å². The van der Waals surface area contributed by atoms with Gasteiger partial charge in [0.25, 0.3) is 0 Å². The summed E-state index contributed by atoms with van der Waals surface area (Å²) in [6, 6.07) is 0. The quantitative estimate of drug-likeness (QED) is 0.727. The van der Waals surface area contributed by atoms with Crippen LogP contribution in [-0.4, -0.2) is 20.5 Å². The molecule has 0 radical (unpaired) electrons. The van der Waals surface area contributed by atoms with Gasteiger partial charge >= 0.3 is 0 Å². The van der Waals surface area contributed by atoms with Crippen molar-refractivity contribution in [3.05, 3.63) is 5.82 Å². The number of aromatic nitrogens is 3. The van der Waals surface area contributed by atoms with Gasteiger partial charge < -0.3 is 10.3 Å². The Kier molecular flexibility index (Phi) is 6.58. The minimum Gasteiger partial charge on any atom is -0.324 e. The first-order valence-electron chi connectivity index (χ1n) is 6.47. The molecule has 0 spiro atoms. The summed E-state index contributed by atoms with van der Waals surface area (Å²) >= 11 is 1.81. The van der Waals surface area contributed by atoms with Gasteiger partial charge in [-0.25, -0.2) is 0 Å². The molecule has 0 saturated heterocycles. The van der Waals surface area contributed by atoms with E-state index in [0.29, 0.717) is 6.54 Å². The molecule has 0 aliphatic carbocycles. The Labute approximate surface area is 108 Å². The van der Waals surface area contributed by atoms with E-state index in [4.69, 9.17) is 5.73 Å². The predicted octanol–water partition coefficient (Wildman–Crippen LogP) is 2.68. The Morgan fingerprint density at radius 3 is 2.65 bits per heavy atom. The van der Waals surface area contributed by atoms with Crippen LogP contribution in [0.3, 0.4) is 0 Å². The van der Waals surface area contributed by atoms with Crippen LogP contribution in [0.5, 0.6) is 0 Å². The SMILES string of the molecule is CCCC(C)CSc1nnc(CN)n1CCC. The number of hydrogen-bond donors (Lipinski definition) is 1. The van der Waals surface area contributed by atoms with Gasteiger partial charge in [0.1, 0.15) is 5.82 Å². The van der Waals surface area contributed by atoms with E-state index in [-0.39, 0.29) is 0 Å². The molecular formula is C12H24N4S. The fourth-order valence-electron chi connectivity index (χ4n) is 1.82. The average molecular weight is 256 g/mol. The Morgan fingerprint density at radius 1 is 1.29 bits per heavy atom. The van der Waals surface area contributed by atoms with Gasteiger partial charge in [-0.15, -0.1) is 10.2 Å². The van der Waals surface area contributed by atoms with Crippen molar-refractivity contribution in [2.75, 3.05) is 5.75 Å². The van der Waals surface area contributed by atoms with Gasteiger partial charge in [-0.1, -0.05) is 45.4 Å². The largest absolute Gasteiger partial charge is 0.324 e. The Morgan fingerprint density at radius 2 is 2.06 bits per heavy atom. The molecule has 0 aliphatic rings. The molecule has 0 fully saturated rings. The van der Waals surface area contributed by atoms with Crippen LogP contribution in [0.1, 0.15) is 45.9 Å². The second kappa shape index (κ2) is 7.71. The normalized spacial score (nSPS) is 12.9. The van der Waals surface area contributed by atoms with Gasteiger partial charge in [-0.05, 0) is 12.3 Å². The number of rotatable bonds is 8. The number of thioether (sulfide) groups is 1. The number of nitrogens with two attached hydrogens (primary N) is 1. The topological polar surface area (TPSA) is 56.7 Å². The molecule has 1 aromatic heterocycles. The van der Waals surface area contributed by atoms with Crippen LogP contribution in [0.4, 0.5) is 0 Å². The van der Waals surface area contributed by atoms with E-state index < -0.39 is 0 Å². The number of hydrogen-bond acceptors (Lipinski definition) is 4. The Hall–Kier alpha value is -0.550. The highest BCUT2D eigenvalue weighted by molar-refractivity contribution is 7.99. The molecule has 0 saturated carbocycles. The molecule has 4 nitrogen and oxygen atoms in total. The maximum Gasteiger partial charge on any atom is 0.191 e. The van der Waals surface area contributed by atoms with Crippen molar-refractivity contribution in [3.63, 3.8) is 0 Å². The lowest BCUT2D eigenvalue weighted by Crippen LogP contribution is -2.09. The summed E-state index contributed by atoms with van der Waals surface area (Å²) in [6.07, 6.45) is 3.61. The van der Waals surface area contributed by atoms with E-state index in [1.54, 1.807) is 11.8 Å². The first kappa shape index (κ1) is 14.5. The lowest BCUT2D eigenvalue weighted by atomic mass is 10.1. The fraction of sp³-hybridized carbons (Fsp3) is 0.833. The third-order valence-electron chi connectivity index (χ3n) is 2.70. The van der Waals surface area contributed by atoms with Crippen molar-refractivity contribution in [1.29, 1.82) is 0 Å². The predicted molar refractivity (Wildman–Crippen MR) is 73.0 cm³/mol. The van der Waals surface area contributed by atoms with Gasteiger partial charge in [0.15, 0.2) is 5.16 Å². The van der Waals surface area contributed by atoms with Crippen molar-refractivity contribution < 1.29 is 0 Å².